The maximum atomic E-state index is 11.0. The topological polar surface area (TPSA) is 80.4 Å². The van der Waals surface area contributed by atoms with Crippen LogP contribution in [0.1, 0.15) is 10.4 Å². The van der Waals surface area contributed by atoms with Crippen LogP contribution in [0.5, 0.6) is 0 Å². The van der Waals surface area contributed by atoms with Crippen molar-refractivity contribution < 1.29 is 14.8 Å². The standard InChI is InChI=1S/C13H8INO4S/c14-9-3-6-12(11(7-9)15(18)19)20-10-4-1-8(2-5-10)13(16)17/h1-7H,(H,16,17). The van der Waals surface area contributed by atoms with Crippen molar-refractivity contribution in [2.75, 3.05) is 0 Å². The van der Waals surface area contributed by atoms with Crippen LogP contribution in [0, 0.1) is 13.7 Å². The molecule has 0 bridgehead atoms. The summed E-state index contributed by atoms with van der Waals surface area (Å²) in [5, 5.41) is 19.8. The summed E-state index contributed by atoms with van der Waals surface area (Å²) in [5.41, 5.74) is 0.232. The number of carboxylic acid groups (broad SMARTS) is 1. The molecule has 5 nitrogen and oxygen atoms in total. The number of nitrogens with zero attached hydrogens (tertiary/aromatic N) is 1. The van der Waals surface area contributed by atoms with Crippen molar-refractivity contribution in [1.82, 2.24) is 0 Å². The molecule has 20 heavy (non-hydrogen) atoms. The van der Waals surface area contributed by atoms with E-state index in [0.29, 0.717) is 4.90 Å². The van der Waals surface area contributed by atoms with Gasteiger partial charge in [0.25, 0.3) is 5.69 Å². The van der Waals surface area contributed by atoms with Crippen molar-refractivity contribution in [3.63, 3.8) is 0 Å². The third-order valence-electron chi connectivity index (χ3n) is 2.45. The first-order valence-electron chi connectivity index (χ1n) is 5.42. The van der Waals surface area contributed by atoms with Crippen LogP contribution in [-0.2, 0) is 0 Å². The second kappa shape index (κ2) is 6.23. The summed E-state index contributed by atoms with van der Waals surface area (Å²) in [6, 6.07) is 11.2. The van der Waals surface area contributed by atoms with Gasteiger partial charge in [-0.05, 0) is 59.0 Å². The van der Waals surface area contributed by atoms with Crippen molar-refractivity contribution in [1.29, 1.82) is 0 Å². The Morgan fingerprint density at radius 2 is 1.85 bits per heavy atom. The molecule has 0 amide bonds. The van der Waals surface area contributed by atoms with E-state index in [-0.39, 0.29) is 11.3 Å². The van der Waals surface area contributed by atoms with E-state index in [1.54, 1.807) is 24.3 Å². The highest BCUT2D eigenvalue weighted by atomic mass is 127. The molecule has 2 aromatic rings. The van der Waals surface area contributed by atoms with Gasteiger partial charge in [0, 0.05) is 14.5 Å². The lowest BCUT2D eigenvalue weighted by molar-refractivity contribution is -0.387. The molecular formula is C13H8INO4S. The van der Waals surface area contributed by atoms with Gasteiger partial charge in [0.1, 0.15) is 0 Å². The maximum Gasteiger partial charge on any atom is 0.335 e. The molecule has 0 spiro atoms. The van der Waals surface area contributed by atoms with Crippen LogP contribution >= 0.6 is 34.4 Å². The lowest BCUT2D eigenvalue weighted by atomic mass is 10.2. The predicted molar refractivity (Wildman–Crippen MR) is 83.3 cm³/mol. The number of carbonyl (C=O) groups is 1. The van der Waals surface area contributed by atoms with E-state index < -0.39 is 10.9 Å². The molecule has 7 heteroatoms. The normalized spacial score (nSPS) is 10.2. The number of carboxylic acids is 1. The Morgan fingerprint density at radius 1 is 1.20 bits per heavy atom. The summed E-state index contributed by atoms with van der Waals surface area (Å²) in [7, 11) is 0. The fourth-order valence-electron chi connectivity index (χ4n) is 1.51. The van der Waals surface area contributed by atoms with E-state index in [0.717, 1.165) is 8.47 Å². The van der Waals surface area contributed by atoms with Crippen molar-refractivity contribution in [2.24, 2.45) is 0 Å². The van der Waals surface area contributed by atoms with Gasteiger partial charge >= 0.3 is 5.97 Å². The molecule has 0 unspecified atom stereocenters. The summed E-state index contributed by atoms with van der Waals surface area (Å²) in [4.78, 5) is 22.6. The van der Waals surface area contributed by atoms with E-state index in [2.05, 4.69) is 0 Å². The molecule has 0 saturated heterocycles. The van der Waals surface area contributed by atoms with E-state index in [4.69, 9.17) is 5.11 Å². The van der Waals surface area contributed by atoms with Crippen molar-refractivity contribution >= 4 is 46.0 Å². The molecule has 0 fully saturated rings. The van der Waals surface area contributed by atoms with Gasteiger partial charge < -0.3 is 5.11 Å². The lowest BCUT2D eigenvalue weighted by Crippen LogP contribution is -1.95. The smallest absolute Gasteiger partial charge is 0.335 e. The maximum absolute atomic E-state index is 11.0. The summed E-state index contributed by atoms with van der Waals surface area (Å²) >= 11 is 3.25. The monoisotopic (exact) mass is 401 g/mol. The van der Waals surface area contributed by atoms with Crippen molar-refractivity contribution in [3.8, 4) is 0 Å². The quantitative estimate of drug-likeness (QED) is 0.475. The van der Waals surface area contributed by atoms with Crippen LogP contribution in [-0.4, -0.2) is 16.0 Å². The molecule has 2 rings (SSSR count). The van der Waals surface area contributed by atoms with Gasteiger partial charge in [-0.2, -0.15) is 0 Å². The number of hydrogen-bond acceptors (Lipinski definition) is 4. The molecule has 0 heterocycles. The average molecular weight is 401 g/mol. The highest BCUT2D eigenvalue weighted by molar-refractivity contribution is 14.1. The molecule has 0 aromatic heterocycles. The molecule has 0 aliphatic carbocycles. The number of aromatic carboxylic acids is 1. The summed E-state index contributed by atoms with van der Waals surface area (Å²) < 4.78 is 0.792. The third kappa shape index (κ3) is 3.48. The SMILES string of the molecule is O=C(O)c1ccc(Sc2ccc(I)cc2[N+](=O)[O-])cc1. The summed E-state index contributed by atoms with van der Waals surface area (Å²) in [5.74, 6) is -0.998. The van der Waals surface area contributed by atoms with Crippen molar-refractivity contribution in [3.05, 3.63) is 61.7 Å². The second-order valence-corrected chi connectivity index (χ2v) is 6.16. The summed E-state index contributed by atoms with van der Waals surface area (Å²) in [6.07, 6.45) is 0. The van der Waals surface area contributed by atoms with Gasteiger partial charge in [0.05, 0.1) is 15.4 Å². The number of nitro benzene ring substituents is 1. The van der Waals surface area contributed by atoms with E-state index in [1.807, 2.05) is 22.6 Å². The lowest BCUT2D eigenvalue weighted by Gasteiger charge is -2.04. The molecule has 1 N–H and O–H groups in total. The molecule has 102 valence electrons. The Kier molecular flexibility index (Phi) is 4.61. The molecular weight excluding hydrogens is 393 g/mol. The van der Waals surface area contributed by atoms with Crippen LogP contribution < -0.4 is 0 Å². The average Bonchev–Trinajstić information content (AvgIpc) is 2.41. The molecule has 0 aliphatic rings. The fourth-order valence-corrected chi connectivity index (χ4v) is 2.89. The van der Waals surface area contributed by atoms with E-state index in [1.165, 1.54) is 30.0 Å². The highest BCUT2D eigenvalue weighted by Gasteiger charge is 2.15. The van der Waals surface area contributed by atoms with Crippen molar-refractivity contribution in [2.45, 2.75) is 9.79 Å². The molecule has 0 saturated carbocycles. The van der Waals surface area contributed by atoms with Gasteiger partial charge in [0.2, 0.25) is 0 Å². The van der Waals surface area contributed by atoms with Crippen LogP contribution in [0.25, 0.3) is 0 Å². The Morgan fingerprint density at radius 3 is 2.40 bits per heavy atom. The predicted octanol–water partition coefficient (Wildman–Crippen LogP) is 4.05. The largest absolute Gasteiger partial charge is 0.478 e. The highest BCUT2D eigenvalue weighted by Crippen LogP contribution is 2.35. The van der Waals surface area contributed by atoms with Crippen LogP contribution in [0.15, 0.2) is 52.3 Å². The van der Waals surface area contributed by atoms with Gasteiger partial charge in [-0.25, -0.2) is 4.79 Å². The Labute approximate surface area is 132 Å². The first-order chi connectivity index (χ1) is 9.47. The number of benzene rings is 2. The Hall–Kier alpha value is -1.61. The Bertz CT molecular complexity index is 673. The number of rotatable bonds is 4. The minimum Gasteiger partial charge on any atom is -0.478 e. The van der Waals surface area contributed by atoms with Gasteiger partial charge in [-0.3, -0.25) is 10.1 Å². The number of hydrogen-bond donors (Lipinski definition) is 1. The minimum atomic E-state index is -0.998. The summed E-state index contributed by atoms with van der Waals surface area (Å²) in [6.45, 7) is 0. The first kappa shape index (κ1) is 14.8. The zero-order valence-electron chi connectivity index (χ0n) is 9.95. The second-order valence-electron chi connectivity index (χ2n) is 3.80. The van der Waals surface area contributed by atoms with E-state index in [9.17, 15) is 14.9 Å². The van der Waals surface area contributed by atoms with Crippen LogP contribution in [0.2, 0.25) is 0 Å². The number of nitro groups is 1. The van der Waals surface area contributed by atoms with Gasteiger partial charge in [0.15, 0.2) is 0 Å². The third-order valence-corrected chi connectivity index (χ3v) is 4.19. The van der Waals surface area contributed by atoms with E-state index >= 15 is 0 Å². The fraction of sp³-hybridized carbons (Fsp3) is 0. The first-order valence-corrected chi connectivity index (χ1v) is 7.32. The van der Waals surface area contributed by atoms with Gasteiger partial charge in [-0.15, -0.1) is 0 Å². The zero-order valence-corrected chi connectivity index (χ0v) is 12.9. The van der Waals surface area contributed by atoms with Crippen LogP contribution in [0.3, 0.4) is 0 Å². The van der Waals surface area contributed by atoms with Gasteiger partial charge in [-0.1, -0.05) is 11.8 Å². The van der Waals surface area contributed by atoms with Crippen LogP contribution in [0.4, 0.5) is 5.69 Å². The molecule has 2 aromatic carbocycles. The molecule has 0 radical (unpaired) electrons. The molecule has 0 aliphatic heterocycles. The zero-order chi connectivity index (χ0) is 14.7. The number of halogens is 1. The Balaban J connectivity index is 2.30. The minimum absolute atomic E-state index is 0.0456. The molecule has 0 atom stereocenters.